The fourth-order valence-electron chi connectivity index (χ4n) is 1.65. The number of methoxy groups -OCH3 is 1. The first kappa shape index (κ1) is 14.2. The smallest absolute Gasteiger partial charge is 0.118 e. The van der Waals surface area contributed by atoms with E-state index in [-0.39, 0.29) is 0 Å². The van der Waals surface area contributed by atoms with Crippen LogP contribution in [0.4, 0.5) is 0 Å². The Labute approximate surface area is 104 Å². The first-order valence-corrected chi connectivity index (χ1v) is 6.16. The molecule has 4 heteroatoms. The fourth-order valence-corrected chi connectivity index (χ4v) is 1.65. The molecule has 0 aliphatic carbocycles. The maximum atomic E-state index is 5.53. The van der Waals surface area contributed by atoms with E-state index in [1.165, 1.54) is 0 Å². The maximum Gasteiger partial charge on any atom is 0.118 e. The number of nitrogens with zero attached hydrogens (tertiary/aromatic N) is 1. The lowest BCUT2D eigenvalue weighted by molar-refractivity contribution is 0.193. The molecule has 0 fully saturated rings. The van der Waals surface area contributed by atoms with Crippen molar-refractivity contribution in [1.29, 1.82) is 0 Å². The molecule has 0 radical (unpaired) electrons. The van der Waals surface area contributed by atoms with Gasteiger partial charge in [-0.25, -0.2) is 0 Å². The number of hydrogen-bond donors (Lipinski definition) is 1. The second-order valence-electron chi connectivity index (χ2n) is 4.35. The van der Waals surface area contributed by atoms with Gasteiger partial charge in [0.05, 0.1) is 6.54 Å². The highest BCUT2D eigenvalue weighted by atomic mass is 16.5. The third-order valence-electron chi connectivity index (χ3n) is 2.59. The topological polar surface area (TPSA) is 37.6 Å². The van der Waals surface area contributed by atoms with Gasteiger partial charge in [0, 0.05) is 26.8 Å². The van der Waals surface area contributed by atoms with Crippen LogP contribution in [0.25, 0.3) is 0 Å². The Morgan fingerprint density at radius 3 is 2.82 bits per heavy atom. The van der Waals surface area contributed by atoms with Gasteiger partial charge in [-0.1, -0.05) is 0 Å². The number of hydrogen-bond acceptors (Lipinski definition) is 4. The van der Waals surface area contributed by atoms with Crippen molar-refractivity contribution in [3.05, 3.63) is 23.7 Å². The van der Waals surface area contributed by atoms with Crippen molar-refractivity contribution in [2.45, 2.75) is 19.9 Å². The van der Waals surface area contributed by atoms with E-state index in [1.54, 1.807) is 7.11 Å². The van der Waals surface area contributed by atoms with Crippen molar-refractivity contribution in [2.24, 2.45) is 0 Å². The Morgan fingerprint density at radius 1 is 1.35 bits per heavy atom. The third-order valence-corrected chi connectivity index (χ3v) is 2.59. The van der Waals surface area contributed by atoms with Gasteiger partial charge in [0.2, 0.25) is 0 Å². The minimum absolute atomic E-state index is 0.828. The molecule has 1 rings (SSSR count). The standard InChI is InChI=1S/C13H24N2O2/c1-12-5-6-13(17-12)11-15(2)9-8-14-7-4-10-16-3/h5-6,14H,4,7-11H2,1-3H3. The van der Waals surface area contributed by atoms with Crippen LogP contribution in [0, 0.1) is 6.92 Å². The average molecular weight is 240 g/mol. The summed E-state index contributed by atoms with van der Waals surface area (Å²) in [5.74, 6) is 2.01. The number of furan rings is 1. The van der Waals surface area contributed by atoms with Crippen molar-refractivity contribution in [3.8, 4) is 0 Å². The molecule has 0 amide bonds. The SMILES string of the molecule is COCCCNCCN(C)Cc1ccc(C)o1. The Kier molecular flexibility index (Phi) is 6.93. The van der Waals surface area contributed by atoms with Crippen LogP contribution >= 0.6 is 0 Å². The Morgan fingerprint density at radius 2 is 2.18 bits per heavy atom. The highest BCUT2D eigenvalue weighted by Crippen LogP contribution is 2.07. The van der Waals surface area contributed by atoms with Crippen LogP contribution in [0.1, 0.15) is 17.9 Å². The largest absolute Gasteiger partial charge is 0.465 e. The van der Waals surface area contributed by atoms with E-state index in [2.05, 4.69) is 17.3 Å². The number of rotatable bonds is 9. The van der Waals surface area contributed by atoms with E-state index in [1.807, 2.05) is 19.1 Å². The molecule has 0 atom stereocenters. The zero-order chi connectivity index (χ0) is 12.5. The van der Waals surface area contributed by atoms with Crippen LogP contribution in [0.3, 0.4) is 0 Å². The first-order valence-electron chi connectivity index (χ1n) is 6.16. The second-order valence-corrected chi connectivity index (χ2v) is 4.35. The lowest BCUT2D eigenvalue weighted by atomic mass is 10.4. The summed E-state index contributed by atoms with van der Waals surface area (Å²) in [5.41, 5.74) is 0. The summed E-state index contributed by atoms with van der Waals surface area (Å²) in [6, 6.07) is 4.05. The Balaban J connectivity index is 2.03. The van der Waals surface area contributed by atoms with Crippen LogP contribution in [0.5, 0.6) is 0 Å². The summed E-state index contributed by atoms with van der Waals surface area (Å²) < 4.78 is 10.5. The van der Waals surface area contributed by atoms with Gasteiger partial charge in [-0.3, -0.25) is 4.90 Å². The quantitative estimate of drug-likeness (QED) is 0.666. The normalized spacial score (nSPS) is 11.3. The van der Waals surface area contributed by atoms with E-state index >= 15 is 0 Å². The van der Waals surface area contributed by atoms with Gasteiger partial charge in [-0.15, -0.1) is 0 Å². The molecule has 1 heterocycles. The van der Waals surface area contributed by atoms with Crippen molar-refractivity contribution in [2.75, 3.05) is 40.4 Å². The van der Waals surface area contributed by atoms with E-state index in [4.69, 9.17) is 9.15 Å². The predicted octanol–water partition coefficient (Wildman–Crippen LogP) is 1.65. The number of nitrogens with one attached hydrogen (secondary N) is 1. The molecule has 0 aliphatic heterocycles. The van der Waals surface area contributed by atoms with Gasteiger partial charge in [0.1, 0.15) is 11.5 Å². The summed E-state index contributed by atoms with van der Waals surface area (Å²) >= 11 is 0. The molecule has 0 unspecified atom stereocenters. The predicted molar refractivity (Wildman–Crippen MR) is 69.1 cm³/mol. The number of likely N-dealkylation sites (N-methyl/N-ethyl adjacent to an activating group) is 1. The zero-order valence-electron chi connectivity index (χ0n) is 11.2. The van der Waals surface area contributed by atoms with Gasteiger partial charge in [0.15, 0.2) is 0 Å². The number of aryl methyl sites for hydroxylation is 1. The molecule has 0 spiro atoms. The molecule has 1 N–H and O–H groups in total. The summed E-state index contributed by atoms with van der Waals surface area (Å²) in [4.78, 5) is 2.25. The lowest BCUT2D eigenvalue weighted by Crippen LogP contribution is -2.29. The highest BCUT2D eigenvalue weighted by Gasteiger charge is 2.03. The van der Waals surface area contributed by atoms with Crippen molar-refractivity contribution in [3.63, 3.8) is 0 Å². The molecule has 0 aliphatic rings. The first-order chi connectivity index (χ1) is 8.22. The molecule has 1 aromatic heterocycles. The molecule has 0 saturated heterocycles. The molecule has 0 bridgehead atoms. The van der Waals surface area contributed by atoms with Gasteiger partial charge >= 0.3 is 0 Å². The van der Waals surface area contributed by atoms with Crippen molar-refractivity contribution < 1.29 is 9.15 Å². The molecule has 1 aromatic rings. The lowest BCUT2D eigenvalue weighted by Gasteiger charge is -2.15. The van der Waals surface area contributed by atoms with Gasteiger partial charge in [-0.05, 0) is 39.1 Å². The molecule has 0 saturated carbocycles. The minimum Gasteiger partial charge on any atom is -0.465 e. The summed E-state index contributed by atoms with van der Waals surface area (Å²) in [6.07, 6.45) is 1.07. The maximum absolute atomic E-state index is 5.53. The van der Waals surface area contributed by atoms with Gasteiger partial charge < -0.3 is 14.5 Å². The van der Waals surface area contributed by atoms with Gasteiger partial charge in [-0.2, -0.15) is 0 Å². The van der Waals surface area contributed by atoms with Crippen molar-refractivity contribution in [1.82, 2.24) is 10.2 Å². The molecular formula is C13H24N2O2. The third kappa shape index (κ3) is 6.46. The van der Waals surface area contributed by atoms with Crippen LogP contribution < -0.4 is 5.32 Å². The van der Waals surface area contributed by atoms with E-state index in [0.29, 0.717) is 0 Å². The van der Waals surface area contributed by atoms with Crippen LogP contribution in [-0.2, 0) is 11.3 Å². The van der Waals surface area contributed by atoms with E-state index in [0.717, 1.165) is 50.7 Å². The van der Waals surface area contributed by atoms with E-state index in [9.17, 15) is 0 Å². The summed E-state index contributed by atoms with van der Waals surface area (Å²) in [7, 11) is 3.84. The highest BCUT2D eigenvalue weighted by molar-refractivity contribution is 5.05. The van der Waals surface area contributed by atoms with E-state index < -0.39 is 0 Å². The van der Waals surface area contributed by atoms with Crippen LogP contribution in [0.2, 0.25) is 0 Å². The second kappa shape index (κ2) is 8.28. The molecule has 98 valence electrons. The summed E-state index contributed by atoms with van der Waals surface area (Å²) in [5, 5.41) is 3.39. The van der Waals surface area contributed by atoms with Gasteiger partial charge in [0.25, 0.3) is 0 Å². The van der Waals surface area contributed by atoms with Crippen molar-refractivity contribution >= 4 is 0 Å². The molecule has 4 nitrogen and oxygen atoms in total. The fraction of sp³-hybridized carbons (Fsp3) is 0.692. The molecule has 0 aromatic carbocycles. The Bertz CT molecular complexity index is 299. The summed E-state index contributed by atoms with van der Waals surface area (Å²) in [6.45, 7) is 6.71. The van der Waals surface area contributed by atoms with Crippen LogP contribution in [-0.4, -0.2) is 45.3 Å². The minimum atomic E-state index is 0.828. The zero-order valence-corrected chi connectivity index (χ0v) is 11.2. The molecule has 17 heavy (non-hydrogen) atoms. The monoisotopic (exact) mass is 240 g/mol. The Hall–Kier alpha value is -0.840. The average Bonchev–Trinajstić information content (AvgIpc) is 2.69. The number of ether oxygens (including phenoxy) is 1. The molecular weight excluding hydrogens is 216 g/mol. The van der Waals surface area contributed by atoms with Crippen LogP contribution in [0.15, 0.2) is 16.5 Å².